The largest absolute Gasteiger partial charge is 0.497 e. The van der Waals surface area contributed by atoms with Crippen molar-refractivity contribution < 1.29 is 9.84 Å². The first kappa shape index (κ1) is 14.4. The quantitative estimate of drug-likeness (QED) is 0.910. The van der Waals surface area contributed by atoms with Crippen LogP contribution in [0.25, 0.3) is 0 Å². The van der Waals surface area contributed by atoms with Crippen molar-refractivity contribution in [2.75, 3.05) is 21.2 Å². The predicted octanol–water partition coefficient (Wildman–Crippen LogP) is 2.78. The van der Waals surface area contributed by atoms with Gasteiger partial charge in [0.05, 0.1) is 12.6 Å². The molecule has 19 heavy (non-hydrogen) atoms. The molecule has 2 rings (SSSR count). The normalized spacial score (nSPS) is 31.5. The van der Waals surface area contributed by atoms with Gasteiger partial charge in [0, 0.05) is 0 Å². The predicted molar refractivity (Wildman–Crippen MR) is 77.5 cm³/mol. The maximum Gasteiger partial charge on any atom is 0.119 e. The lowest BCUT2D eigenvalue weighted by molar-refractivity contribution is -0.123. The Morgan fingerprint density at radius 2 is 1.89 bits per heavy atom. The second kappa shape index (κ2) is 5.14. The first-order valence-corrected chi connectivity index (χ1v) is 6.98. The molecule has 0 amide bonds. The van der Waals surface area contributed by atoms with Crippen LogP contribution in [0.4, 0.5) is 0 Å². The number of hydrogen-bond acceptors (Lipinski definition) is 3. The highest BCUT2D eigenvalue weighted by Crippen LogP contribution is 2.47. The van der Waals surface area contributed by atoms with E-state index in [0.29, 0.717) is 0 Å². The molecule has 2 atom stereocenters. The highest BCUT2D eigenvalue weighted by molar-refractivity contribution is 5.35. The van der Waals surface area contributed by atoms with Gasteiger partial charge in [-0.3, -0.25) is 0 Å². The van der Waals surface area contributed by atoms with Crippen LogP contribution < -0.4 is 4.74 Å². The van der Waals surface area contributed by atoms with Gasteiger partial charge in [-0.05, 0) is 51.6 Å². The Bertz CT molecular complexity index is 446. The second-order valence-corrected chi connectivity index (χ2v) is 5.97. The molecule has 0 aromatic heterocycles. The lowest BCUT2D eigenvalue weighted by Crippen LogP contribution is -2.59. The van der Waals surface area contributed by atoms with E-state index in [9.17, 15) is 5.11 Å². The van der Waals surface area contributed by atoms with Crippen LogP contribution in [-0.4, -0.2) is 36.8 Å². The van der Waals surface area contributed by atoms with E-state index in [1.165, 1.54) is 6.42 Å². The van der Waals surface area contributed by atoms with Gasteiger partial charge in [0.25, 0.3) is 0 Å². The van der Waals surface area contributed by atoms with Crippen molar-refractivity contribution in [1.29, 1.82) is 0 Å². The average Bonchev–Trinajstić information content (AvgIpc) is 2.42. The Labute approximate surface area is 116 Å². The summed E-state index contributed by atoms with van der Waals surface area (Å²) in [6.07, 6.45) is 4.04. The van der Waals surface area contributed by atoms with Crippen LogP contribution in [0.15, 0.2) is 24.3 Å². The molecule has 2 unspecified atom stereocenters. The van der Waals surface area contributed by atoms with Gasteiger partial charge in [0.15, 0.2) is 0 Å². The van der Waals surface area contributed by atoms with Gasteiger partial charge in [-0.15, -0.1) is 0 Å². The monoisotopic (exact) mass is 263 g/mol. The number of methoxy groups -OCH3 is 1. The SMILES string of the molecule is COc1cccc(C2(O)CCCCC2(C)N(C)C)c1. The Kier molecular flexibility index (Phi) is 3.88. The van der Waals surface area contributed by atoms with E-state index >= 15 is 0 Å². The number of benzene rings is 1. The summed E-state index contributed by atoms with van der Waals surface area (Å²) in [5.41, 5.74) is -0.0938. The van der Waals surface area contributed by atoms with Crippen molar-refractivity contribution in [3.05, 3.63) is 29.8 Å². The number of aliphatic hydroxyl groups is 1. The van der Waals surface area contributed by atoms with Crippen LogP contribution in [0.2, 0.25) is 0 Å². The summed E-state index contributed by atoms with van der Waals surface area (Å²) in [4.78, 5) is 2.16. The molecule has 3 heteroatoms. The molecule has 1 N–H and O–H groups in total. The summed E-state index contributed by atoms with van der Waals surface area (Å²) in [6.45, 7) is 2.16. The fourth-order valence-electron chi connectivity index (χ4n) is 3.26. The van der Waals surface area contributed by atoms with Crippen molar-refractivity contribution in [3.63, 3.8) is 0 Å². The molecular weight excluding hydrogens is 238 g/mol. The van der Waals surface area contributed by atoms with Crippen LogP contribution in [0.5, 0.6) is 5.75 Å². The molecule has 0 radical (unpaired) electrons. The van der Waals surface area contributed by atoms with Gasteiger partial charge in [-0.2, -0.15) is 0 Å². The summed E-state index contributed by atoms with van der Waals surface area (Å²) < 4.78 is 5.29. The molecule has 1 aromatic rings. The maximum atomic E-state index is 11.4. The van der Waals surface area contributed by atoms with Gasteiger partial charge in [-0.1, -0.05) is 25.0 Å². The fourth-order valence-corrected chi connectivity index (χ4v) is 3.26. The summed E-state index contributed by atoms with van der Waals surface area (Å²) in [7, 11) is 5.77. The molecule has 1 aromatic carbocycles. The van der Waals surface area contributed by atoms with Crippen molar-refractivity contribution >= 4 is 0 Å². The first-order chi connectivity index (χ1) is 8.94. The Balaban J connectivity index is 2.47. The Morgan fingerprint density at radius 3 is 2.53 bits per heavy atom. The molecule has 1 aliphatic rings. The molecular formula is C16H25NO2. The van der Waals surface area contributed by atoms with Crippen LogP contribution in [0, 0.1) is 0 Å². The maximum absolute atomic E-state index is 11.4. The minimum Gasteiger partial charge on any atom is -0.497 e. The molecule has 1 aliphatic carbocycles. The van der Waals surface area contributed by atoms with Crippen molar-refractivity contribution in [2.24, 2.45) is 0 Å². The van der Waals surface area contributed by atoms with E-state index in [0.717, 1.165) is 30.6 Å². The summed E-state index contributed by atoms with van der Waals surface area (Å²) in [5.74, 6) is 0.803. The number of nitrogens with zero attached hydrogens (tertiary/aromatic N) is 1. The molecule has 0 aliphatic heterocycles. The van der Waals surface area contributed by atoms with Crippen molar-refractivity contribution in [1.82, 2.24) is 4.90 Å². The van der Waals surface area contributed by atoms with E-state index in [4.69, 9.17) is 4.74 Å². The van der Waals surface area contributed by atoms with Gasteiger partial charge in [-0.25, -0.2) is 0 Å². The Hall–Kier alpha value is -1.06. The Morgan fingerprint density at radius 1 is 1.21 bits per heavy atom. The van der Waals surface area contributed by atoms with Gasteiger partial charge in [0.1, 0.15) is 11.4 Å². The van der Waals surface area contributed by atoms with Gasteiger partial charge >= 0.3 is 0 Å². The molecule has 106 valence electrons. The molecule has 0 spiro atoms. The molecule has 1 fully saturated rings. The third-order valence-electron chi connectivity index (χ3n) is 4.88. The standard InChI is InChI=1S/C16H25NO2/c1-15(17(2)3)10-5-6-11-16(15,18)13-8-7-9-14(12-13)19-4/h7-9,12,18H,5-6,10-11H2,1-4H3. The third-order valence-corrected chi connectivity index (χ3v) is 4.88. The van der Waals surface area contributed by atoms with Crippen LogP contribution in [0.1, 0.15) is 38.2 Å². The van der Waals surface area contributed by atoms with Gasteiger partial charge < -0.3 is 14.7 Å². The smallest absolute Gasteiger partial charge is 0.119 e. The highest BCUT2D eigenvalue weighted by atomic mass is 16.5. The van der Waals surface area contributed by atoms with Crippen molar-refractivity contribution in [3.8, 4) is 5.75 Å². The van der Waals surface area contributed by atoms with Crippen LogP contribution in [0.3, 0.4) is 0 Å². The molecule has 1 saturated carbocycles. The van der Waals surface area contributed by atoms with Crippen LogP contribution >= 0.6 is 0 Å². The summed E-state index contributed by atoms with van der Waals surface area (Å²) >= 11 is 0. The second-order valence-electron chi connectivity index (χ2n) is 5.97. The molecule has 0 heterocycles. The first-order valence-electron chi connectivity index (χ1n) is 6.98. The fraction of sp³-hybridized carbons (Fsp3) is 0.625. The number of likely N-dealkylation sites (N-methyl/N-ethyl adjacent to an activating group) is 1. The average molecular weight is 263 g/mol. The van der Waals surface area contributed by atoms with E-state index in [1.54, 1.807) is 7.11 Å². The third kappa shape index (κ3) is 2.26. The van der Waals surface area contributed by atoms with E-state index < -0.39 is 5.60 Å². The van der Waals surface area contributed by atoms with E-state index in [1.807, 2.05) is 24.3 Å². The topological polar surface area (TPSA) is 32.7 Å². The number of rotatable bonds is 3. The zero-order chi connectivity index (χ0) is 14.1. The minimum absolute atomic E-state index is 0.238. The zero-order valence-corrected chi connectivity index (χ0v) is 12.4. The van der Waals surface area contributed by atoms with Gasteiger partial charge in [0.2, 0.25) is 0 Å². The minimum atomic E-state index is -0.816. The summed E-state index contributed by atoms with van der Waals surface area (Å²) in [5, 5.41) is 11.4. The molecule has 0 bridgehead atoms. The lowest BCUT2D eigenvalue weighted by atomic mass is 9.66. The molecule has 3 nitrogen and oxygen atoms in total. The lowest BCUT2D eigenvalue weighted by Gasteiger charge is -2.52. The summed E-state index contributed by atoms with van der Waals surface area (Å²) in [6, 6.07) is 7.85. The van der Waals surface area contributed by atoms with Crippen LogP contribution in [-0.2, 0) is 5.60 Å². The van der Waals surface area contributed by atoms with Crippen molar-refractivity contribution in [2.45, 2.75) is 43.7 Å². The molecule has 0 saturated heterocycles. The number of hydrogen-bond donors (Lipinski definition) is 1. The van der Waals surface area contributed by atoms with E-state index in [2.05, 4.69) is 25.9 Å². The highest BCUT2D eigenvalue weighted by Gasteiger charge is 2.51. The zero-order valence-electron chi connectivity index (χ0n) is 12.4. The number of ether oxygens (including phenoxy) is 1. The van der Waals surface area contributed by atoms with E-state index in [-0.39, 0.29) is 5.54 Å².